The highest BCUT2D eigenvalue weighted by molar-refractivity contribution is 5.81. The average Bonchev–Trinajstić information content (AvgIpc) is 2.65. The Kier molecular flexibility index (Phi) is 5.22. The summed E-state index contributed by atoms with van der Waals surface area (Å²) < 4.78 is 0. The van der Waals surface area contributed by atoms with Crippen LogP contribution in [0.25, 0.3) is 0 Å². The third-order valence-corrected chi connectivity index (χ3v) is 3.40. The van der Waals surface area contributed by atoms with Crippen LogP contribution in [-0.2, 0) is 4.79 Å². The van der Waals surface area contributed by atoms with E-state index in [0.29, 0.717) is 12.1 Å². The zero-order chi connectivity index (χ0) is 12.1. The third-order valence-electron chi connectivity index (χ3n) is 3.40. The summed E-state index contributed by atoms with van der Waals surface area (Å²) in [5.74, 6) is 0.200. The molecule has 1 aliphatic rings. The molecule has 3 atom stereocenters. The molecule has 0 radical (unpaired) electrons. The molecule has 0 heterocycles. The van der Waals surface area contributed by atoms with E-state index in [0.717, 1.165) is 32.4 Å². The monoisotopic (exact) mass is 227 g/mol. The van der Waals surface area contributed by atoms with Gasteiger partial charge in [-0.3, -0.25) is 4.79 Å². The predicted molar refractivity (Wildman–Crippen MR) is 66.1 cm³/mol. The number of nitrogens with one attached hydrogen (secondary N) is 1. The first-order chi connectivity index (χ1) is 7.58. The lowest BCUT2D eigenvalue weighted by molar-refractivity contribution is -0.132. The largest absolute Gasteiger partial charge is 0.342 e. The highest BCUT2D eigenvalue weighted by Crippen LogP contribution is 2.17. The van der Waals surface area contributed by atoms with Crippen molar-refractivity contribution in [2.75, 3.05) is 13.1 Å². The quantitative estimate of drug-likeness (QED) is 0.727. The molecule has 1 aliphatic carbocycles. The van der Waals surface area contributed by atoms with E-state index in [-0.39, 0.29) is 11.9 Å². The number of rotatable bonds is 5. The first-order valence-corrected chi connectivity index (χ1v) is 6.38. The number of carbonyl (C=O) groups excluding carboxylic acids is 1. The molecule has 1 fully saturated rings. The predicted octanol–water partition coefficient (Wildman–Crippen LogP) is 0.713. The molecule has 0 aliphatic heterocycles. The Labute approximate surface area is 98.6 Å². The van der Waals surface area contributed by atoms with E-state index in [4.69, 9.17) is 5.73 Å². The number of amides is 1. The molecule has 16 heavy (non-hydrogen) atoms. The standard InChI is InChI=1S/C12H25N3O/c1-4-15(5-2)12(16)9(3)14-11-7-6-10(13)8-11/h9-11,14H,4-8,13H2,1-3H3. The molecule has 0 aromatic carbocycles. The number of carbonyl (C=O) groups is 1. The van der Waals surface area contributed by atoms with Crippen molar-refractivity contribution in [3.8, 4) is 0 Å². The van der Waals surface area contributed by atoms with Crippen molar-refractivity contribution in [3.63, 3.8) is 0 Å². The van der Waals surface area contributed by atoms with Crippen LogP contribution in [0, 0.1) is 0 Å². The minimum atomic E-state index is -0.0878. The third kappa shape index (κ3) is 3.46. The van der Waals surface area contributed by atoms with Crippen LogP contribution in [0.3, 0.4) is 0 Å². The molecule has 1 saturated carbocycles. The summed E-state index contributed by atoms with van der Waals surface area (Å²) in [6.07, 6.45) is 3.16. The Morgan fingerprint density at radius 2 is 2.06 bits per heavy atom. The van der Waals surface area contributed by atoms with Crippen molar-refractivity contribution >= 4 is 5.91 Å². The van der Waals surface area contributed by atoms with Gasteiger partial charge in [0.05, 0.1) is 6.04 Å². The van der Waals surface area contributed by atoms with Crippen LogP contribution in [0.2, 0.25) is 0 Å². The second-order valence-corrected chi connectivity index (χ2v) is 4.67. The maximum absolute atomic E-state index is 12.0. The zero-order valence-electron chi connectivity index (χ0n) is 10.7. The molecule has 0 aromatic heterocycles. The lowest BCUT2D eigenvalue weighted by atomic mass is 10.2. The number of nitrogens with two attached hydrogens (primary N) is 1. The summed E-state index contributed by atoms with van der Waals surface area (Å²) >= 11 is 0. The Hall–Kier alpha value is -0.610. The van der Waals surface area contributed by atoms with E-state index in [9.17, 15) is 4.79 Å². The molecular weight excluding hydrogens is 202 g/mol. The van der Waals surface area contributed by atoms with Gasteiger partial charge in [-0.05, 0) is 40.0 Å². The molecule has 4 nitrogen and oxygen atoms in total. The second kappa shape index (κ2) is 6.21. The van der Waals surface area contributed by atoms with Crippen molar-refractivity contribution in [2.24, 2.45) is 5.73 Å². The highest BCUT2D eigenvalue weighted by atomic mass is 16.2. The second-order valence-electron chi connectivity index (χ2n) is 4.67. The Morgan fingerprint density at radius 3 is 2.50 bits per heavy atom. The molecule has 1 rings (SSSR count). The van der Waals surface area contributed by atoms with Crippen molar-refractivity contribution < 1.29 is 4.79 Å². The molecule has 0 spiro atoms. The van der Waals surface area contributed by atoms with Gasteiger partial charge in [-0.1, -0.05) is 0 Å². The van der Waals surface area contributed by atoms with E-state index in [2.05, 4.69) is 5.32 Å². The molecule has 0 aromatic rings. The van der Waals surface area contributed by atoms with Crippen LogP contribution in [0.1, 0.15) is 40.0 Å². The van der Waals surface area contributed by atoms with E-state index in [1.165, 1.54) is 0 Å². The summed E-state index contributed by atoms with van der Waals surface area (Å²) in [7, 11) is 0. The van der Waals surface area contributed by atoms with E-state index < -0.39 is 0 Å². The van der Waals surface area contributed by atoms with Gasteiger partial charge in [-0.25, -0.2) is 0 Å². The zero-order valence-corrected chi connectivity index (χ0v) is 10.7. The van der Waals surface area contributed by atoms with Gasteiger partial charge in [0.15, 0.2) is 0 Å². The minimum Gasteiger partial charge on any atom is -0.342 e. The lowest BCUT2D eigenvalue weighted by Crippen LogP contribution is -2.47. The van der Waals surface area contributed by atoms with E-state index in [1.807, 2.05) is 25.7 Å². The molecule has 0 saturated heterocycles. The average molecular weight is 227 g/mol. The van der Waals surface area contributed by atoms with Crippen molar-refractivity contribution in [3.05, 3.63) is 0 Å². The first-order valence-electron chi connectivity index (χ1n) is 6.38. The highest BCUT2D eigenvalue weighted by Gasteiger charge is 2.26. The Balaban J connectivity index is 2.39. The van der Waals surface area contributed by atoms with Crippen molar-refractivity contribution in [2.45, 2.75) is 58.2 Å². The normalized spacial score (nSPS) is 26.8. The first kappa shape index (κ1) is 13.5. The molecule has 94 valence electrons. The summed E-state index contributed by atoms with van der Waals surface area (Å²) in [6.45, 7) is 7.54. The summed E-state index contributed by atoms with van der Waals surface area (Å²) in [5.41, 5.74) is 5.85. The van der Waals surface area contributed by atoms with Gasteiger partial charge in [0.1, 0.15) is 0 Å². The fourth-order valence-corrected chi connectivity index (χ4v) is 2.40. The van der Waals surface area contributed by atoms with Gasteiger partial charge in [-0.2, -0.15) is 0 Å². The number of nitrogens with zero attached hydrogens (tertiary/aromatic N) is 1. The van der Waals surface area contributed by atoms with Crippen molar-refractivity contribution in [1.29, 1.82) is 0 Å². The summed E-state index contributed by atoms with van der Waals surface area (Å²) in [4.78, 5) is 13.9. The molecule has 0 bridgehead atoms. The van der Waals surface area contributed by atoms with Gasteiger partial charge in [0.25, 0.3) is 0 Å². The molecule has 4 heteroatoms. The van der Waals surface area contributed by atoms with Gasteiger partial charge in [-0.15, -0.1) is 0 Å². The number of hydrogen-bond acceptors (Lipinski definition) is 3. The van der Waals surface area contributed by atoms with Gasteiger partial charge >= 0.3 is 0 Å². The Morgan fingerprint density at radius 1 is 1.44 bits per heavy atom. The van der Waals surface area contributed by atoms with Crippen LogP contribution in [0.4, 0.5) is 0 Å². The smallest absolute Gasteiger partial charge is 0.239 e. The lowest BCUT2D eigenvalue weighted by Gasteiger charge is -2.25. The van der Waals surface area contributed by atoms with Crippen molar-refractivity contribution in [1.82, 2.24) is 10.2 Å². The minimum absolute atomic E-state index is 0.0878. The molecule has 1 amide bonds. The molecule has 3 unspecified atom stereocenters. The van der Waals surface area contributed by atoms with Crippen LogP contribution >= 0.6 is 0 Å². The SMILES string of the molecule is CCN(CC)C(=O)C(C)NC1CCC(N)C1. The van der Waals surface area contributed by atoms with Gasteiger partial charge < -0.3 is 16.0 Å². The van der Waals surface area contributed by atoms with Crippen LogP contribution in [-0.4, -0.2) is 42.0 Å². The Bertz CT molecular complexity index is 228. The van der Waals surface area contributed by atoms with Gasteiger partial charge in [0.2, 0.25) is 5.91 Å². The molecular formula is C12H25N3O. The summed E-state index contributed by atoms with van der Waals surface area (Å²) in [5, 5.41) is 3.39. The fraction of sp³-hybridized carbons (Fsp3) is 0.917. The van der Waals surface area contributed by atoms with Crippen LogP contribution < -0.4 is 11.1 Å². The van der Waals surface area contributed by atoms with Gasteiger partial charge in [0, 0.05) is 25.2 Å². The topological polar surface area (TPSA) is 58.4 Å². The maximum atomic E-state index is 12.0. The van der Waals surface area contributed by atoms with E-state index >= 15 is 0 Å². The number of likely N-dealkylation sites (N-methyl/N-ethyl adjacent to an activating group) is 1. The molecule has 3 N–H and O–H groups in total. The number of hydrogen-bond donors (Lipinski definition) is 2. The van der Waals surface area contributed by atoms with E-state index in [1.54, 1.807) is 0 Å². The maximum Gasteiger partial charge on any atom is 0.239 e. The fourth-order valence-electron chi connectivity index (χ4n) is 2.40. The van der Waals surface area contributed by atoms with Crippen LogP contribution in [0.5, 0.6) is 0 Å². The van der Waals surface area contributed by atoms with Crippen LogP contribution in [0.15, 0.2) is 0 Å². The summed E-state index contributed by atoms with van der Waals surface area (Å²) in [6, 6.07) is 0.646.